The van der Waals surface area contributed by atoms with Crippen molar-refractivity contribution in [3.8, 4) is 10.4 Å². The fourth-order valence-corrected chi connectivity index (χ4v) is 4.32. The number of β-amino-alcohol motifs (C(OH)–C–C–N with tert-alkyl or cyclic N) is 1. The summed E-state index contributed by atoms with van der Waals surface area (Å²) < 4.78 is 52.2. The normalized spacial score (nSPS) is 18.5. The molecule has 4 N–H and O–H groups in total. The van der Waals surface area contributed by atoms with Crippen LogP contribution in [0, 0.1) is 5.82 Å². The van der Waals surface area contributed by atoms with Gasteiger partial charge in [0, 0.05) is 18.4 Å². The molecule has 4 rings (SSSR count). The van der Waals surface area contributed by atoms with E-state index in [9.17, 15) is 27.5 Å². The Kier molecular flexibility index (Phi) is 5.89. The third-order valence-electron chi connectivity index (χ3n) is 5.01. The van der Waals surface area contributed by atoms with Crippen molar-refractivity contribution in [1.29, 1.82) is 0 Å². The van der Waals surface area contributed by atoms with Crippen molar-refractivity contribution in [3.63, 3.8) is 0 Å². The maximum atomic E-state index is 13.8. The second kappa shape index (κ2) is 8.49. The van der Waals surface area contributed by atoms with Gasteiger partial charge in [0.2, 0.25) is 0 Å². The average Bonchev–Trinajstić information content (AvgIpc) is 3.40. The molecule has 3 aromatic rings. The zero-order chi connectivity index (χ0) is 22.9. The van der Waals surface area contributed by atoms with Gasteiger partial charge in [0.25, 0.3) is 0 Å². The molecule has 2 aromatic carbocycles. The monoisotopic (exact) mass is 466 g/mol. The van der Waals surface area contributed by atoms with Gasteiger partial charge in [0.15, 0.2) is 0 Å². The fraction of sp³-hybridized carbons (Fsp3) is 0.238. The molecule has 11 heteroatoms. The van der Waals surface area contributed by atoms with Crippen molar-refractivity contribution in [2.24, 2.45) is 0 Å². The number of benzene rings is 2. The summed E-state index contributed by atoms with van der Waals surface area (Å²) in [5.41, 5.74) is -1.44. The number of hydrogen-bond acceptors (Lipinski definition) is 5. The van der Waals surface area contributed by atoms with Gasteiger partial charge in [-0.15, -0.1) is 11.3 Å². The number of carbonyl (C=O) groups is 1. The second-order valence-electron chi connectivity index (χ2n) is 7.34. The predicted molar refractivity (Wildman–Crippen MR) is 113 cm³/mol. The summed E-state index contributed by atoms with van der Waals surface area (Å²) in [7, 11) is 0. The van der Waals surface area contributed by atoms with Crippen molar-refractivity contribution in [2.75, 3.05) is 23.7 Å². The summed E-state index contributed by atoms with van der Waals surface area (Å²) >= 11 is 1.37. The Hall–Kier alpha value is -3.02. The maximum absolute atomic E-state index is 13.8. The van der Waals surface area contributed by atoms with Crippen LogP contribution in [0.1, 0.15) is 17.0 Å². The lowest BCUT2D eigenvalue weighted by Gasteiger charge is -2.17. The molecule has 0 radical (unpaired) electrons. The van der Waals surface area contributed by atoms with E-state index in [1.165, 1.54) is 11.3 Å². The van der Waals surface area contributed by atoms with Gasteiger partial charge in [0.1, 0.15) is 16.4 Å². The Balaban J connectivity index is 1.42. The molecule has 2 amide bonds. The van der Waals surface area contributed by atoms with Crippen LogP contribution in [0.15, 0.2) is 48.7 Å². The molecule has 1 aliphatic heterocycles. The van der Waals surface area contributed by atoms with E-state index in [2.05, 4.69) is 20.9 Å². The first-order valence-electron chi connectivity index (χ1n) is 9.59. The largest absolute Gasteiger partial charge is 0.416 e. The van der Waals surface area contributed by atoms with Crippen molar-refractivity contribution >= 4 is 28.7 Å². The Morgan fingerprint density at radius 1 is 1.16 bits per heavy atom. The van der Waals surface area contributed by atoms with Gasteiger partial charge in [-0.1, -0.05) is 12.1 Å². The van der Waals surface area contributed by atoms with Crippen LogP contribution in [-0.2, 0) is 11.8 Å². The minimum Gasteiger partial charge on any atom is -0.381 e. The predicted octanol–water partition coefficient (Wildman–Crippen LogP) is 4.79. The first-order chi connectivity index (χ1) is 15.1. The molecule has 1 atom stereocenters. The quantitative estimate of drug-likeness (QED) is 0.417. The highest BCUT2D eigenvalue weighted by Crippen LogP contribution is 2.35. The number of alkyl halides is 3. The smallest absolute Gasteiger partial charge is 0.381 e. The number of halogens is 4. The summed E-state index contributed by atoms with van der Waals surface area (Å²) in [5.74, 6) is -0.983. The van der Waals surface area contributed by atoms with Crippen LogP contribution in [0.3, 0.4) is 0 Å². The number of thiazole rings is 1. The van der Waals surface area contributed by atoms with Crippen molar-refractivity contribution in [2.45, 2.75) is 18.2 Å². The van der Waals surface area contributed by atoms with E-state index >= 15 is 0 Å². The van der Waals surface area contributed by atoms with E-state index in [0.717, 1.165) is 17.0 Å². The minimum absolute atomic E-state index is 0.363. The number of nitrogens with zero attached hydrogens (tertiary/aromatic N) is 1. The summed E-state index contributed by atoms with van der Waals surface area (Å²) in [5, 5.41) is 18.9. The van der Waals surface area contributed by atoms with Gasteiger partial charge in [-0.3, -0.25) is 0 Å². The van der Waals surface area contributed by atoms with E-state index < -0.39 is 34.9 Å². The first-order valence-corrected chi connectivity index (χ1v) is 10.4. The second-order valence-corrected chi connectivity index (χ2v) is 8.37. The van der Waals surface area contributed by atoms with Crippen LogP contribution >= 0.6 is 11.3 Å². The van der Waals surface area contributed by atoms with Crippen LogP contribution in [0.5, 0.6) is 0 Å². The van der Waals surface area contributed by atoms with Crippen LogP contribution < -0.4 is 16.0 Å². The highest BCUT2D eigenvalue weighted by molar-refractivity contribution is 7.15. The number of urea groups is 1. The van der Waals surface area contributed by atoms with Gasteiger partial charge in [-0.25, -0.2) is 14.2 Å². The number of hydrogen-bond donors (Lipinski definition) is 4. The van der Waals surface area contributed by atoms with E-state index in [0.29, 0.717) is 41.9 Å². The minimum atomic E-state index is -4.66. The Bertz CT molecular complexity index is 1130. The van der Waals surface area contributed by atoms with Crippen LogP contribution in [0.4, 0.5) is 33.7 Å². The average molecular weight is 466 g/mol. The summed E-state index contributed by atoms with van der Waals surface area (Å²) in [6.45, 7) is 1.17. The molecule has 0 spiro atoms. The van der Waals surface area contributed by atoms with Crippen molar-refractivity contribution < 1.29 is 27.5 Å². The lowest BCUT2D eigenvalue weighted by molar-refractivity contribution is -0.137. The molecule has 168 valence electrons. The Morgan fingerprint density at radius 3 is 2.56 bits per heavy atom. The molecule has 2 heterocycles. The first kappa shape index (κ1) is 22.2. The van der Waals surface area contributed by atoms with Crippen LogP contribution in [0.2, 0.25) is 0 Å². The molecule has 0 bridgehead atoms. The number of rotatable bonds is 4. The van der Waals surface area contributed by atoms with Gasteiger partial charge in [0.05, 0.1) is 16.1 Å². The molecular formula is C21H18F4N4O2S. The molecule has 6 nitrogen and oxygen atoms in total. The number of amides is 2. The Labute approximate surface area is 184 Å². The number of anilines is 2. The van der Waals surface area contributed by atoms with Gasteiger partial charge in [-0.2, -0.15) is 13.2 Å². The Morgan fingerprint density at radius 2 is 1.91 bits per heavy atom. The lowest BCUT2D eigenvalue weighted by atomic mass is 10.1. The zero-order valence-corrected chi connectivity index (χ0v) is 17.3. The topological polar surface area (TPSA) is 86.3 Å². The molecule has 1 aromatic heterocycles. The summed E-state index contributed by atoms with van der Waals surface area (Å²) in [6, 6.07) is 7.56. The summed E-state index contributed by atoms with van der Waals surface area (Å²) in [6.07, 6.45) is -2.40. The molecule has 32 heavy (non-hydrogen) atoms. The lowest BCUT2D eigenvalue weighted by Crippen LogP contribution is -2.27. The highest BCUT2D eigenvalue weighted by atomic mass is 32.1. The number of aliphatic hydroxyl groups is 1. The number of aromatic nitrogens is 1. The fourth-order valence-electron chi connectivity index (χ4n) is 3.28. The van der Waals surface area contributed by atoms with E-state index in [1.807, 2.05) is 0 Å². The molecule has 1 fully saturated rings. The van der Waals surface area contributed by atoms with E-state index in [1.54, 1.807) is 30.5 Å². The number of nitrogens with one attached hydrogen (secondary N) is 3. The van der Waals surface area contributed by atoms with Crippen molar-refractivity contribution in [1.82, 2.24) is 10.3 Å². The van der Waals surface area contributed by atoms with Gasteiger partial charge >= 0.3 is 12.2 Å². The van der Waals surface area contributed by atoms with E-state index in [-0.39, 0.29) is 0 Å². The molecule has 1 saturated heterocycles. The third-order valence-corrected chi connectivity index (χ3v) is 6.25. The molecular weight excluding hydrogens is 448 g/mol. The van der Waals surface area contributed by atoms with Gasteiger partial charge < -0.3 is 21.1 Å². The van der Waals surface area contributed by atoms with Crippen molar-refractivity contribution in [3.05, 3.63) is 65.0 Å². The standard InChI is InChI=1S/C21H18F4N4O2S/c22-15-6-3-13(21(23,24)25)9-16(15)29-19(30)28-14-4-1-12(2-5-14)17-10-27-18(32-17)20(31)7-8-26-11-20/h1-6,9-10,26,31H,7-8,11H2,(H2,28,29,30). The molecule has 0 saturated carbocycles. The molecule has 1 unspecified atom stereocenters. The molecule has 0 aliphatic carbocycles. The van der Waals surface area contributed by atoms with Gasteiger partial charge in [-0.05, 0) is 48.9 Å². The third kappa shape index (κ3) is 4.74. The SMILES string of the molecule is O=C(Nc1ccc(-c2cnc(C3(O)CCNC3)s2)cc1)Nc1cc(C(F)(F)F)ccc1F. The van der Waals surface area contributed by atoms with Crippen LogP contribution in [-0.4, -0.2) is 29.2 Å². The molecule has 1 aliphatic rings. The maximum Gasteiger partial charge on any atom is 0.416 e. The zero-order valence-electron chi connectivity index (χ0n) is 16.5. The van der Waals surface area contributed by atoms with Crippen LogP contribution in [0.25, 0.3) is 10.4 Å². The highest BCUT2D eigenvalue weighted by Gasteiger charge is 2.36. The van der Waals surface area contributed by atoms with E-state index in [4.69, 9.17) is 0 Å². The summed E-state index contributed by atoms with van der Waals surface area (Å²) in [4.78, 5) is 17.3. The number of carbonyl (C=O) groups excluding carboxylic acids is 1.